The van der Waals surface area contributed by atoms with E-state index in [9.17, 15) is 4.79 Å². The number of aromatic nitrogens is 6. The third-order valence-corrected chi connectivity index (χ3v) is 5.76. The molecule has 3 aromatic heterocycles. The molecule has 3 N–H and O–H groups in total. The lowest BCUT2D eigenvalue weighted by Crippen LogP contribution is -2.55. The number of fused-ring (bicyclic) bond motifs is 2. The van der Waals surface area contributed by atoms with E-state index in [1.807, 2.05) is 38.4 Å². The summed E-state index contributed by atoms with van der Waals surface area (Å²) in [4.78, 5) is 25.7. The molecule has 1 saturated heterocycles. The third-order valence-electron chi connectivity index (χ3n) is 5.76. The SMILES string of the molecule is C[C@H]1CN(C(=O)Nc2nn(C)c3ccccc23)CCN1c1nc(N)nc2c1cnn2C. The second-order valence-corrected chi connectivity index (χ2v) is 7.82. The zero-order valence-electron chi connectivity index (χ0n) is 17.6. The van der Waals surface area contributed by atoms with Crippen LogP contribution in [-0.4, -0.2) is 66.1 Å². The Hall–Kier alpha value is -3.89. The van der Waals surface area contributed by atoms with Crippen molar-refractivity contribution in [2.75, 3.05) is 35.6 Å². The van der Waals surface area contributed by atoms with Crippen molar-refractivity contribution in [3.05, 3.63) is 30.5 Å². The Morgan fingerprint density at radius 1 is 1.13 bits per heavy atom. The van der Waals surface area contributed by atoms with Crippen LogP contribution in [0.2, 0.25) is 0 Å². The average Bonchev–Trinajstić information content (AvgIpc) is 3.28. The number of carbonyl (C=O) groups excluding carboxylic acids is 1. The Bertz CT molecular complexity index is 1290. The summed E-state index contributed by atoms with van der Waals surface area (Å²) in [7, 11) is 3.69. The molecule has 0 bridgehead atoms. The molecule has 11 nitrogen and oxygen atoms in total. The fourth-order valence-corrected chi connectivity index (χ4v) is 4.19. The van der Waals surface area contributed by atoms with Crippen LogP contribution in [-0.2, 0) is 14.1 Å². The van der Waals surface area contributed by atoms with Crippen LogP contribution < -0.4 is 16.0 Å². The Morgan fingerprint density at radius 3 is 2.74 bits per heavy atom. The monoisotopic (exact) mass is 420 g/mol. The van der Waals surface area contributed by atoms with Gasteiger partial charge in [-0.2, -0.15) is 20.2 Å². The van der Waals surface area contributed by atoms with Gasteiger partial charge in [-0.05, 0) is 19.1 Å². The molecule has 0 aliphatic carbocycles. The minimum absolute atomic E-state index is 0.0395. The van der Waals surface area contributed by atoms with Crippen LogP contribution in [0.4, 0.5) is 22.4 Å². The maximum Gasteiger partial charge on any atom is 0.323 e. The molecule has 0 saturated carbocycles. The van der Waals surface area contributed by atoms with Crippen molar-refractivity contribution in [1.29, 1.82) is 0 Å². The molecule has 1 fully saturated rings. The Labute approximate surface area is 178 Å². The lowest BCUT2D eigenvalue weighted by molar-refractivity contribution is 0.200. The second-order valence-electron chi connectivity index (χ2n) is 7.82. The maximum atomic E-state index is 13.0. The molecule has 1 atom stereocenters. The van der Waals surface area contributed by atoms with Crippen molar-refractivity contribution in [2.45, 2.75) is 13.0 Å². The first-order valence-electron chi connectivity index (χ1n) is 10.1. The van der Waals surface area contributed by atoms with Crippen LogP contribution >= 0.6 is 0 Å². The number of benzene rings is 1. The smallest absolute Gasteiger partial charge is 0.323 e. The van der Waals surface area contributed by atoms with Gasteiger partial charge < -0.3 is 15.5 Å². The van der Waals surface area contributed by atoms with Crippen LogP contribution in [0.5, 0.6) is 0 Å². The third kappa shape index (κ3) is 3.18. The summed E-state index contributed by atoms with van der Waals surface area (Å²) >= 11 is 0. The standard InChI is InChI=1S/C20H24N10O/c1-12-11-29(20(31)23-16-13-6-4-5-7-15(13)27(2)26-16)8-9-30(12)18-14-10-22-28(3)17(14)24-19(21)25-18/h4-7,10,12H,8-9,11H2,1-3H3,(H2,21,24,25)(H,23,26,31)/t12-/m0/s1. The maximum absolute atomic E-state index is 13.0. The number of urea groups is 1. The Morgan fingerprint density at radius 2 is 1.94 bits per heavy atom. The first kappa shape index (κ1) is 19.1. The minimum atomic E-state index is -0.163. The molecule has 4 aromatic rings. The van der Waals surface area contributed by atoms with Crippen LogP contribution in [0, 0.1) is 0 Å². The quantitative estimate of drug-likeness (QED) is 0.505. The fourth-order valence-electron chi connectivity index (χ4n) is 4.19. The van der Waals surface area contributed by atoms with Gasteiger partial charge in [0.25, 0.3) is 0 Å². The highest BCUT2D eigenvalue weighted by atomic mass is 16.2. The van der Waals surface area contributed by atoms with E-state index in [4.69, 9.17) is 5.73 Å². The van der Waals surface area contributed by atoms with E-state index in [0.29, 0.717) is 31.1 Å². The number of hydrogen-bond acceptors (Lipinski definition) is 7. The summed E-state index contributed by atoms with van der Waals surface area (Å²) in [6.45, 7) is 3.78. The molecule has 5 rings (SSSR count). The number of rotatable bonds is 2. The van der Waals surface area contributed by atoms with E-state index < -0.39 is 0 Å². The van der Waals surface area contributed by atoms with E-state index in [2.05, 4.69) is 37.3 Å². The number of carbonyl (C=O) groups is 1. The molecule has 1 aliphatic heterocycles. The van der Waals surface area contributed by atoms with Crippen LogP contribution in [0.1, 0.15) is 6.92 Å². The Kier molecular flexibility index (Phi) is 4.38. The van der Waals surface area contributed by atoms with Gasteiger partial charge in [0.1, 0.15) is 5.82 Å². The number of nitrogens with one attached hydrogen (secondary N) is 1. The summed E-state index contributed by atoms with van der Waals surface area (Å²) in [6, 6.07) is 7.70. The first-order chi connectivity index (χ1) is 14.9. The fraction of sp³-hybridized carbons (Fsp3) is 0.350. The van der Waals surface area contributed by atoms with E-state index in [1.54, 1.807) is 20.5 Å². The molecule has 0 spiro atoms. The number of nitrogens with zero attached hydrogens (tertiary/aromatic N) is 8. The number of hydrogen-bond donors (Lipinski definition) is 2. The van der Waals surface area contributed by atoms with Gasteiger partial charge in [-0.15, -0.1) is 0 Å². The lowest BCUT2D eigenvalue weighted by atomic mass is 10.2. The van der Waals surface area contributed by atoms with Crippen molar-refractivity contribution in [3.63, 3.8) is 0 Å². The minimum Gasteiger partial charge on any atom is -0.368 e. The van der Waals surface area contributed by atoms with Gasteiger partial charge in [-0.3, -0.25) is 14.7 Å². The molecule has 4 heterocycles. The highest BCUT2D eigenvalue weighted by molar-refractivity contribution is 5.99. The van der Waals surface area contributed by atoms with Gasteiger partial charge in [0.2, 0.25) is 5.95 Å². The summed E-state index contributed by atoms with van der Waals surface area (Å²) in [5, 5.41) is 13.5. The highest BCUT2D eigenvalue weighted by Gasteiger charge is 2.30. The van der Waals surface area contributed by atoms with Crippen molar-refractivity contribution >= 4 is 45.6 Å². The zero-order chi connectivity index (χ0) is 21.7. The summed E-state index contributed by atoms with van der Waals surface area (Å²) < 4.78 is 3.45. The van der Waals surface area contributed by atoms with Gasteiger partial charge in [-0.25, -0.2) is 4.79 Å². The number of anilines is 3. The van der Waals surface area contributed by atoms with E-state index in [0.717, 1.165) is 22.1 Å². The molecular weight excluding hydrogens is 396 g/mol. The predicted octanol–water partition coefficient (Wildman–Crippen LogP) is 1.57. The van der Waals surface area contributed by atoms with E-state index in [1.165, 1.54) is 0 Å². The molecule has 11 heteroatoms. The molecule has 31 heavy (non-hydrogen) atoms. The molecule has 0 radical (unpaired) electrons. The van der Waals surface area contributed by atoms with Gasteiger partial charge in [0.05, 0.1) is 17.1 Å². The molecule has 160 valence electrons. The number of amides is 2. The summed E-state index contributed by atoms with van der Waals surface area (Å²) in [6.07, 6.45) is 1.75. The molecular formula is C20H24N10O. The second kappa shape index (κ2) is 7.11. The van der Waals surface area contributed by atoms with Gasteiger partial charge >= 0.3 is 6.03 Å². The number of para-hydroxylation sites is 1. The predicted molar refractivity (Wildman–Crippen MR) is 119 cm³/mol. The molecule has 2 amide bonds. The van der Waals surface area contributed by atoms with E-state index >= 15 is 0 Å². The van der Waals surface area contributed by atoms with Crippen molar-refractivity contribution in [2.24, 2.45) is 14.1 Å². The normalized spacial score (nSPS) is 16.9. The van der Waals surface area contributed by atoms with Crippen molar-refractivity contribution in [3.8, 4) is 0 Å². The van der Waals surface area contributed by atoms with Crippen molar-refractivity contribution in [1.82, 2.24) is 34.4 Å². The molecule has 1 aliphatic rings. The Balaban J connectivity index is 1.35. The first-order valence-corrected chi connectivity index (χ1v) is 10.1. The van der Waals surface area contributed by atoms with Crippen LogP contribution in [0.3, 0.4) is 0 Å². The van der Waals surface area contributed by atoms with E-state index in [-0.39, 0.29) is 18.0 Å². The largest absolute Gasteiger partial charge is 0.368 e. The van der Waals surface area contributed by atoms with Gasteiger partial charge in [0, 0.05) is 45.2 Å². The highest BCUT2D eigenvalue weighted by Crippen LogP contribution is 2.28. The summed E-state index contributed by atoms with van der Waals surface area (Å²) in [5.41, 5.74) is 7.60. The number of aryl methyl sites for hydroxylation is 2. The molecule has 1 aromatic carbocycles. The lowest BCUT2D eigenvalue weighted by Gasteiger charge is -2.40. The topological polar surface area (TPSA) is 123 Å². The van der Waals surface area contributed by atoms with Crippen LogP contribution in [0.25, 0.3) is 21.9 Å². The zero-order valence-corrected chi connectivity index (χ0v) is 17.6. The van der Waals surface area contributed by atoms with Gasteiger partial charge in [0.15, 0.2) is 11.5 Å². The average molecular weight is 420 g/mol. The number of nitrogen functional groups attached to an aromatic ring is 1. The van der Waals surface area contributed by atoms with Gasteiger partial charge in [-0.1, -0.05) is 12.1 Å². The summed E-state index contributed by atoms with van der Waals surface area (Å²) in [5.74, 6) is 1.53. The van der Waals surface area contributed by atoms with Crippen molar-refractivity contribution < 1.29 is 4.79 Å². The number of nitrogens with two attached hydrogens (primary N) is 1. The van der Waals surface area contributed by atoms with Crippen LogP contribution in [0.15, 0.2) is 30.5 Å². The number of piperazine rings is 1. The molecule has 0 unspecified atom stereocenters.